The summed E-state index contributed by atoms with van der Waals surface area (Å²) in [4.78, 5) is 0. The summed E-state index contributed by atoms with van der Waals surface area (Å²) in [6.07, 6.45) is 3.37. The molecule has 0 saturated carbocycles. The Kier molecular flexibility index (Phi) is 4.96. The number of hydrogen-bond acceptors (Lipinski definition) is 4. The van der Waals surface area contributed by atoms with E-state index in [0.717, 1.165) is 29.7 Å². The first kappa shape index (κ1) is 15.8. The third-order valence-corrected chi connectivity index (χ3v) is 6.35. The Hall–Kier alpha value is -0.0700. The first-order valence-electron chi connectivity index (χ1n) is 7.57. The Bertz CT molecular complexity index is 485. The molecule has 3 rings (SSSR count). The molecule has 2 saturated heterocycles. The monoisotopic (exact) mass is 370 g/mol. The summed E-state index contributed by atoms with van der Waals surface area (Å²) >= 11 is 5.61. The highest BCUT2D eigenvalue weighted by atomic mass is 79.9. The van der Waals surface area contributed by atoms with Crippen LogP contribution in [0.1, 0.15) is 36.4 Å². The summed E-state index contributed by atoms with van der Waals surface area (Å²) in [5.74, 6) is 8.81. The Morgan fingerprint density at radius 2 is 2.33 bits per heavy atom. The molecule has 3 N–H and O–H groups in total. The number of hydrazine groups is 1. The molecule has 1 aromatic rings. The van der Waals surface area contributed by atoms with Crippen LogP contribution < -0.4 is 11.3 Å². The van der Waals surface area contributed by atoms with Crippen molar-refractivity contribution >= 4 is 27.7 Å². The molecule has 1 aromatic carbocycles. The fourth-order valence-corrected chi connectivity index (χ4v) is 5.67. The van der Waals surface area contributed by atoms with Gasteiger partial charge in [-0.2, -0.15) is 11.8 Å². The molecule has 2 heterocycles. The van der Waals surface area contributed by atoms with Crippen molar-refractivity contribution < 1.29 is 4.74 Å². The average molecular weight is 371 g/mol. The normalized spacial score (nSPS) is 30.7. The molecule has 0 aliphatic carbocycles. The van der Waals surface area contributed by atoms with Crippen LogP contribution in [0.3, 0.4) is 0 Å². The summed E-state index contributed by atoms with van der Waals surface area (Å²) < 4.78 is 7.26. The zero-order valence-corrected chi connectivity index (χ0v) is 14.8. The van der Waals surface area contributed by atoms with Crippen molar-refractivity contribution in [3.63, 3.8) is 0 Å². The summed E-state index contributed by atoms with van der Waals surface area (Å²) in [6, 6.07) is 6.76. The minimum Gasteiger partial charge on any atom is -0.374 e. The van der Waals surface area contributed by atoms with Crippen LogP contribution in [0.5, 0.6) is 0 Å². The van der Waals surface area contributed by atoms with Gasteiger partial charge in [0.15, 0.2) is 0 Å². The van der Waals surface area contributed by atoms with Gasteiger partial charge in [0.05, 0.1) is 5.60 Å². The van der Waals surface area contributed by atoms with E-state index in [2.05, 4.69) is 46.5 Å². The van der Waals surface area contributed by atoms with Gasteiger partial charge in [0, 0.05) is 22.9 Å². The molecule has 0 radical (unpaired) electrons. The van der Waals surface area contributed by atoms with E-state index in [1.165, 1.54) is 23.3 Å². The number of rotatable bonds is 3. The number of thioether (sulfide) groups is 1. The zero-order valence-electron chi connectivity index (χ0n) is 12.4. The van der Waals surface area contributed by atoms with Crippen LogP contribution in [0.2, 0.25) is 0 Å². The number of nitrogens with two attached hydrogens (primary N) is 1. The topological polar surface area (TPSA) is 47.3 Å². The van der Waals surface area contributed by atoms with Crippen LogP contribution in [0.25, 0.3) is 0 Å². The smallest absolute Gasteiger partial charge is 0.0783 e. The Labute approximate surface area is 139 Å². The molecule has 3 unspecified atom stereocenters. The average Bonchev–Trinajstić information content (AvgIpc) is 2.86. The maximum Gasteiger partial charge on any atom is 0.0783 e. The van der Waals surface area contributed by atoms with Gasteiger partial charge >= 0.3 is 0 Å². The predicted molar refractivity (Wildman–Crippen MR) is 92.3 cm³/mol. The van der Waals surface area contributed by atoms with Gasteiger partial charge in [-0.15, -0.1) is 0 Å². The van der Waals surface area contributed by atoms with E-state index >= 15 is 0 Å². The second-order valence-electron chi connectivity index (χ2n) is 6.29. The van der Waals surface area contributed by atoms with Crippen LogP contribution in [-0.2, 0) is 4.74 Å². The minimum absolute atomic E-state index is 0.101. The first-order chi connectivity index (χ1) is 10.1. The van der Waals surface area contributed by atoms with Gasteiger partial charge in [0.1, 0.15) is 0 Å². The van der Waals surface area contributed by atoms with Crippen LogP contribution >= 0.6 is 27.7 Å². The molecule has 2 aliphatic heterocycles. The van der Waals surface area contributed by atoms with Crippen molar-refractivity contribution in [1.29, 1.82) is 0 Å². The van der Waals surface area contributed by atoms with Crippen molar-refractivity contribution in [3.8, 4) is 0 Å². The molecule has 21 heavy (non-hydrogen) atoms. The number of nitrogens with one attached hydrogen (secondary N) is 1. The molecule has 0 amide bonds. The molecule has 0 bridgehead atoms. The van der Waals surface area contributed by atoms with Gasteiger partial charge in [0.25, 0.3) is 0 Å². The Morgan fingerprint density at radius 3 is 3.00 bits per heavy atom. The van der Waals surface area contributed by atoms with Gasteiger partial charge in [0.2, 0.25) is 0 Å². The van der Waals surface area contributed by atoms with E-state index in [9.17, 15) is 0 Å². The maximum atomic E-state index is 6.14. The fourth-order valence-electron chi connectivity index (χ4n) is 3.66. The largest absolute Gasteiger partial charge is 0.374 e. The summed E-state index contributed by atoms with van der Waals surface area (Å²) in [5.41, 5.74) is 5.70. The lowest BCUT2D eigenvalue weighted by Crippen LogP contribution is -2.45. The van der Waals surface area contributed by atoms with Crippen molar-refractivity contribution in [2.45, 2.75) is 37.8 Å². The van der Waals surface area contributed by atoms with E-state index < -0.39 is 0 Å². The number of halogens is 1. The SMILES string of the molecule is Cc1cc(Br)cc(C(NN)C2CCOC3(CCSC3)C2)c1. The number of ether oxygens (including phenoxy) is 1. The molecular weight excluding hydrogens is 348 g/mol. The van der Waals surface area contributed by atoms with Crippen molar-refractivity contribution in [3.05, 3.63) is 33.8 Å². The molecule has 116 valence electrons. The highest BCUT2D eigenvalue weighted by Gasteiger charge is 2.42. The summed E-state index contributed by atoms with van der Waals surface area (Å²) in [6.45, 7) is 2.98. The van der Waals surface area contributed by atoms with Crippen LogP contribution in [-0.4, -0.2) is 23.7 Å². The lowest BCUT2D eigenvalue weighted by atomic mass is 9.79. The molecule has 1 spiro atoms. The highest BCUT2D eigenvalue weighted by Crippen LogP contribution is 2.44. The van der Waals surface area contributed by atoms with E-state index in [4.69, 9.17) is 10.6 Å². The van der Waals surface area contributed by atoms with E-state index in [1.54, 1.807) is 0 Å². The molecule has 0 aromatic heterocycles. The van der Waals surface area contributed by atoms with Crippen LogP contribution in [0.15, 0.2) is 22.7 Å². The van der Waals surface area contributed by atoms with Gasteiger partial charge in [-0.05, 0) is 61.1 Å². The van der Waals surface area contributed by atoms with Crippen LogP contribution in [0, 0.1) is 12.8 Å². The van der Waals surface area contributed by atoms with Gasteiger partial charge in [-0.3, -0.25) is 11.3 Å². The lowest BCUT2D eigenvalue weighted by molar-refractivity contribution is -0.0854. The molecular formula is C16H23BrN2OS. The van der Waals surface area contributed by atoms with Crippen molar-refractivity contribution in [1.82, 2.24) is 5.43 Å². The van der Waals surface area contributed by atoms with Gasteiger partial charge < -0.3 is 4.74 Å². The second kappa shape index (κ2) is 6.59. The van der Waals surface area contributed by atoms with Crippen molar-refractivity contribution in [2.75, 3.05) is 18.1 Å². The molecule has 3 nitrogen and oxygen atoms in total. The molecule has 5 heteroatoms. The summed E-state index contributed by atoms with van der Waals surface area (Å²) in [5, 5.41) is 0. The molecule has 2 aliphatic rings. The standard InChI is InChI=1S/C16H23BrN2OS/c1-11-6-13(8-14(17)7-11)15(19-18)12-2-4-20-16(9-12)3-5-21-10-16/h6-8,12,15,19H,2-5,9-10,18H2,1H3. The number of benzene rings is 1. The Balaban J connectivity index is 1.82. The highest BCUT2D eigenvalue weighted by molar-refractivity contribution is 9.10. The second-order valence-corrected chi connectivity index (χ2v) is 8.31. The van der Waals surface area contributed by atoms with Gasteiger partial charge in [-0.25, -0.2) is 0 Å². The molecule has 2 fully saturated rings. The number of aryl methyl sites for hydroxylation is 1. The van der Waals surface area contributed by atoms with Gasteiger partial charge in [-0.1, -0.05) is 22.0 Å². The minimum atomic E-state index is 0.101. The maximum absolute atomic E-state index is 6.14. The van der Waals surface area contributed by atoms with Crippen molar-refractivity contribution in [2.24, 2.45) is 11.8 Å². The quantitative estimate of drug-likeness (QED) is 0.630. The predicted octanol–water partition coefficient (Wildman–Crippen LogP) is 3.56. The summed E-state index contributed by atoms with van der Waals surface area (Å²) in [7, 11) is 0. The van der Waals surface area contributed by atoms with E-state index in [1.807, 2.05) is 11.8 Å². The van der Waals surface area contributed by atoms with E-state index in [-0.39, 0.29) is 11.6 Å². The third-order valence-electron chi connectivity index (χ3n) is 4.67. The van der Waals surface area contributed by atoms with Crippen LogP contribution in [0.4, 0.5) is 0 Å². The van der Waals surface area contributed by atoms with E-state index in [0.29, 0.717) is 5.92 Å². The Morgan fingerprint density at radius 1 is 1.48 bits per heavy atom. The fraction of sp³-hybridized carbons (Fsp3) is 0.625. The first-order valence-corrected chi connectivity index (χ1v) is 9.52. The lowest BCUT2D eigenvalue weighted by Gasteiger charge is -2.41. The zero-order chi connectivity index (χ0) is 14.9. The molecule has 3 atom stereocenters. The third kappa shape index (κ3) is 3.48. The number of hydrogen-bond donors (Lipinski definition) is 2.